The minimum atomic E-state index is -0.775. The number of carboxylic acid groups (broad SMARTS) is 1. The van der Waals surface area contributed by atoms with Crippen LogP contribution in [0.5, 0.6) is 11.5 Å². The molecule has 1 heterocycles. The third kappa shape index (κ3) is 4.97. The van der Waals surface area contributed by atoms with Gasteiger partial charge in [0.1, 0.15) is 11.5 Å². The number of likely N-dealkylation sites (tertiary alicyclic amines) is 1. The van der Waals surface area contributed by atoms with Crippen molar-refractivity contribution in [3.05, 3.63) is 57.6 Å². The average molecular weight is 438 g/mol. The zero-order valence-corrected chi connectivity index (χ0v) is 18.0. The molecular formula is C22H25Cl2NO4. The van der Waals surface area contributed by atoms with Crippen molar-refractivity contribution in [2.75, 3.05) is 26.8 Å². The molecule has 1 N–H and O–H groups in total. The third-order valence-electron chi connectivity index (χ3n) is 5.22. The van der Waals surface area contributed by atoms with E-state index in [9.17, 15) is 9.90 Å². The molecule has 2 unspecified atom stereocenters. The van der Waals surface area contributed by atoms with E-state index in [-0.39, 0.29) is 6.04 Å². The molecule has 2 aromatic rings. The molecule has 0 aliphatic carbocycles. The Kier molecular flexibility index (Phi) is 7.28. The van der Waals surface area contributed by atoms with E-state index in [2.05, 4.69) is 4.90 Å². The summed E-state index contributed by atoms with van der Waals surface area (Å²) in [5.41, 5.74) is 1.72. The molecule has 7 heteroatoms. The number of methoxy groups -OCH3 is 1. The molecule has 0 bridgehead atoms. The first-order valence-corrected chi connectivity index (χ1v) is 10.4. The number of ether oxygens (including phenoxy) is 2. The molecule has 0 amide bonds. The Bertz CT molecular complexity index is 874. The maximum absolute atomic E-state index is 11.7. The van der Waals surface area contributed by atoms with Crippen molar-refractivity contribution in [1.29, 1.82) is 0 Å². The van der Waals surface area contributed by atoms with Crippen molar-refractivity contribution in [1.82, 2.24) is 4.90 Å². The van der Waals surface area contributed by atoms with E-state index >= 15 is 0 Å². The van der Waals surface area contributed by atoms with Crippen LogP contribution in [0, 0.1) is 5.92 Å². The van der Waals surface area contributed by atoms with Gasteiger partial charge in [0, 0.05) is 27.7 Å². The van der Waals surface area contributed by atoms with Crippen LogP contribution in [-0.4, -0.2) is 42.8 Å². The van der Waals surface area contributed by atoms with E-state index in [1.807, 2.05) is 31.2 Å². The van der Waals surface area contributed by atoms with Crippen molar-refractivity contribution in [2.45, 2.75) is 25.8 Å². The Labute approximate surface area is 181 Å². The second-order valence-electron chi connectivity index (χ2n) is 7.08. The van der Waals surface area contributed by atoms with E-state index in [0.29, 0.717) is 41.1 Å². The van der Waals surface area contributed by atoms with Crippen LogP contribution < -0.4 is 9.47 Å². The number of hydrogen-bond acceptors (Lipinski definition) is 4. The van der Waals surface area contributed by atoms with Crippen LogP contribution >= 0.6 is 23.2 Å². The largest absolute Gasteiger partial charge is 0.496 e. The van der Waals surface area contributed by atoms with Gasteiger partial charge in [0.2, 0.25) is 0 Å². The molecule has 0 spiro atoms. The van der Waals surface area contributed by atoms with Crippen LogP contribution in [0.15, 0.2) is 36.4 Å². The first kappa shape index (κ1) is 21.8. The quantitative estimate of drug-likeness (QED) is 0.637. The normalized spacial score (nSPS) is 18.3. The molecule has 1 aliphatic heterocycles. The molecule has 29 heavy (non-hydrogen) atoms. The van der Waals surface area contributed by atoms with Gasteiger partial charge in [0.05, 0.1) is 25.7 Å². The monoisotopic (exact) mass is 437 g/mol. The minimum Gasteiger partial charge on any atom is -0.496 e. The summed E-state index contributed by atoms with van der Waals surface area (Å²) in [4.78, 5) is 13.8. The second-order valence-corrected chi connectivity index (χ2v) is 7.95. The van der Waals surface area contributed by atoms with Crippen LogP contribution in [0.2, 0.25) is 10.0 Å². The Morgan fingerprint density at radius 2 is 1.79 bits per heavy atom. The van der Waals surface area contributed by atoms with Crippen molar-refractivity contribution in [3.8, 4) is 11.5 Å². The van der Waals surface area contributed by atoms with Crippen molar-refractivity contribution < 1.29 is 19.4 Å². The van der Waals surface area contributed by atoms with E-state index in [1.54, 1.807) is 19.2 Å². The molecular weight excluding hydrogens is 413 g/mol. The maximum atomic E-state index is 11.7. The highest BCUT2D eigenvalue weighted by Gasteiger charge is 2.34. The fourth-order valence-electron chi connectivity index (χ4n) is 3.94. The maximum Gasteiger partial charge on any atom is 0.307 e. The second kappa shape index (κ2) is 9.70. The predicted octanol–water partition coefficient (Wildman–Crippen LogP) is 5.29. The summed E-state index contributed by atoms with van der Waals surface area (Å²) in [6, 6.07) is 10.7. The Morgan fingerprint density at radius 1 is 1.17 bits per heavy atom. The van der Waals surface area contributed by atoms with Crippen molar-refractivity contribution in [2.24, 2.45) is 5.92 Å². The Morgan fingerprint density at radius 3 is 2.38 bits per heavy atom. The highest BCUT2D eigenvalue weighted by Crippen LogP contribution is 2.42. The number of rotatable bonds is 7. The van der Waals surface area contributed by atoms with Gasteiger partial charge in [-0.3, -0.25) is 9.69 Å². The number of halogens is 2. The minimum absolute atomic E-state index is 0.300. The van der Waals surface area contributed by atoms with Crippen LogP contribution in [0.1, 0.15) is 36.9 Å². The van der Waals surface area contributed by atoms with Gasteiger partial charge in [-0.1, -0.05) is 23.2 Å². The number of carboxylic acids is 1. The molecule has 2 aromatic carbocycles. The van der Waals surface area contributed by atoms with Crippen molar-refractivity contribution in [3.63, 3.8) is 0 Å². The molecule has 1 fully saturated rings. The fourth-order valence-corrected chi connectivity index (χ4v) is 4.30. The summed E-state index contributed by atoms with van der Waals surface area (Å²) in [7, 11) is 1.61. The summed E-state index contributed by atoms with van der Waals surface area (Å²) in [6.07, 6.45) is 1.46. The number of benzene rings is 2. The Balaban J connectivity index is 2.17. The summed E-state index contributed by atoms with van der Waals surface area (Å²) in [5, 5.41) is 10.8. The van der Waals surface area contributed by atoms with E-state index in [1.165, 1.54) is 0 Å². The highest BCUT2D eigenvalue weighted by molar-refractivity contribution is 6.31. The van der Waals surface area contributed by atoms with Crippen LogP contribution in [-0.2, 0) is 4.79 Å². The zero-order valence-electron chi connectivity index (χ0n) is 16.5. The van der Waals surface area contributed by atoms with Crippen LogP contribution in [0.3, 0.4) is 0 Å². The molecule has 3 rings (SSSR count). The lowest BCUT2D eigenvalue weighted by Gasteiger charge is -2.38. The lowest BCUT2D eigenvalue weighted by molar-refractivity contribution is -0.143. The molecule has 2 atom stereocenters. The number of hydrogen-bond donors (Lipinski definition) is 1. The zero-order chi connectivity index (χ0) is 21.0. The molecule has 0 aromatic heterocycles. The van der Waals surface area contributed by atoms with Gasteiger partial charge in [-0.2, -0.15) is 0 Å². The highest BCUT2D eigenvalue weighted by atomic mass is 35.5. The number of piperidine rings is 1. The standard InChI is InChI=1S/C22H25Cl2NO4/c1-3-29-20-9-7-16(24)12-18(20)21(17-11-15(23)6-8-19(17)28-2)25-10-4-5-14(13-25)22(26)27/h6-9,11-12,14,21H,3-5,10,13H2,1-2H3,(H,26,27). The first-order valence-electron chi connectivity index (χ1n) is 9.67. The lowest BCUT2D eigenvalue weighted by atomic mass is 9.90. The topological polar surface area (TPSA) is 59.0 Å². The summed E-state index contributed by atoms with van der Waals surface area (Å²) in [6.45, 7) is 3.61. The first-order chi connectivity index (χ1) is 13.9. The van der Waals surface area contributed by atoms with Gasteiger partial charge in [-0.25, -0.2) is 0 Å². The molecule has 0 saturated carbocycles. The summed E-state index contributed by atoms with van der Waals surface area (Å²) in [5.74, 6) is 0.189. The molecule has 156 valence electrons. The number of nitrogens with zero attached hydrogens (tertiary/aromatic N) is 1. The molecule has 1 saturated heterocycles. The van der Waals surface area contributed by atoms with Gasteiger partial charge >= 0.3 is 5.97 Å². The fraction of sp³-hybridized carbons (Fsp3) is 0.409. The third-order valence-corrected chi connectivity index (χ3v) is 5.69. The van der Waals surface area contributed by atoms with Gasteiger partial charge < -0.3 is 14.6 Å². The summed E-state index contributed by atoms with van der Waals surface area (Å²) >= 11 is 12.7. The smallest absolute Gasteiger partial charge is 0.307 e. The molecule has 1 aliphatic rings. The van der Waals surface area contributed by atoms with E-state index < -0.39 is 11.9 Å². The van der Waals surface area contributed by atoms with Gasteiger partial charge in [-0.05, 0) is 62.7 Å². The lowest BCUT2D eigenvalue weighted by Crippen LogP contribution is -2.41. The van der Waals surface area contributed by atoms with Crippen LogP contribution in [0.25, 0.3) is 0 Å². The van der Waals surface area contributed by atoms with Crippen molar-refractivity contribution >= 4 is 29.2 Å². The number of aliphatic carboxylic acids is 1. The molecule has 0 radical (unpaired) electrons. The van der Waals surface area contributed by atoms with E-state index in [4.69, 9.17) is 32.7 Å². The van der Waals surface area contributed by atoms with Crippen LogP contribution in [0.4, 0.5) is 0 Å². The SMILES string of the molecule is CCOc1ccc(Cl)cc1C(c1cc(Cl)ccc1OC)N1CCCC(C(=O)O)C1. The Hall–Kier alpha value is -1.95. The number of carbonyl (C=O) groups is 1. The van der Waals surface area contributed by atoms with Gasteiger partial charge in [-0.15, -0.1) is 0 Å². The van der Waals surface area contributed by atoms with E-state index in [0.717, 1.165) is 24.1 Å². The van der Waals surface area contributed by atoms with Gasteiger partial charge in [0.15, 0.2) is 0 Å². The predicted molar refractivity (Wildman–Crippen MR) is 114 cm³/mol. The van der Waals surface area contributed by atoms with Gasteiger partial charge in [0.25, 0.3) is 0 Å². The summed E-state index contributed by atoms with van der Waals surface area (Å²) < 4.78 is 11.5. The molecule has 5 nitrogen and oxygen atoms in total. The average Bonchev–Trinajstić information content (AvgIpc) is 2.71.